The Bertz CT molecular complexity index is 161. The summed E-state index contributed by atoms with van der Waals surface area (Å²) in [6, 6.07) is 0.247. The van der Waals surface area contributed by atoms with Crippen molar-refractivity contribution in [2.45, 2.75) is 70.9 Å². The molecule has 1 fully saturated rings. The van der Waals surface area contributed by atoms with Crippen molar-refractivity contribution in [2.75, 3.05) is 6.61 Å². The maximum absolute atomic E-state index is 5.94. The maximum atomic E-state index is 5.94. The van der Waals surface area contributed by atoms with Gasteiger partial charge in [0.1, 0.15) is 0 Å². The molecule has 2 heteroatoms. The van der Waals surface area contributed by atoms with Gasteiger partial charge in [0.05, 0.1) is 12.7 Å². The Morgan fingerprint density at radius 1 is 1.33 bits per heavy atom. The monoisotopic (exact) mass is 213 g/mol. The molecule has 0 aliphatic heterocycles. The summed E-state index contributed by atoms with van der Waals surface area (Å²) in [5, 5.41) is 0. The van der Waals surface area contributed by atoms with Gasteiger partial charge in [-0.25, -0.2) is 0 Å². The van der Waals surface area contributed by atoms with Crippen LogP contribution in [0.2, 0.25) is 0 Å². The molecule has 0 aromatic carbocycles. The Hall–Kier alpha value is -0.0800. The molecule has 3 atom stereocenters. The fraction of sp³-hybridized carbons (Fsp3) is 1.00. The number of ether oxygens (including phenoxy) is 1. The molecule has 0 aromatic rings. The van der Waals surface area contributed by atoms with Gasteiger partial charge in [-0.3, -0.25) is 0 Å². The van der Waals surface area contributed by atoms with E-state index in [2.05, 4.69) is 13.8 Å². The highest BCUT2D eigenvalue weighted by atomic mass is 16.5. The van der Waals surface area contributed by atoms with Crippen molar-refractivity contribution in [3.8, 4) is 0 Å². The third-order valence-electron chi connectivity index (χ3n) is 3.52. The van der Waals surface area contributed by atoms with E-state index in [1.807, 2.05) is 0 Å². The largest absolute Gasteiger partial charge is 0.377 e. The third-order valence-corrected chi connectivity index (χ3v) is 3.52. The van der Waals surface area contributed by atoms with Crippen LogP contribution in [-0.2, 0) is 4.74 Å². The van der Waals surface area contributed by atoms with Gasteiger partial charge >= 0.3 is 0 Å². The van der Waals surface area contributed by atoms with Gasteiger partial charge in [-0.2, -0.15) is 0 Å². The lowest BCUT2D eigenvalue weighted by Crippen LogP contribution is -2.31. The molecule has 1 rings (SSSR count). The van der Waals surface area contributed by atoms with E-state index < -0.39 is 0 Å². The summed E-state index contributed by atoms with van der Waals surface area (Å²) < 4.78 is 5.90. The second-order valence-electron chi connectivity index (χ2n) is 4.94. The molecule has 1 aliphatic carbocycles. The summed E-state index contributed by atoms with van der Waals surface area (Å²) >= 11 is 0. The Kier molecular flexibility index (Phi) is 6.26. The van der Waals surface area contributed by atoms with Gasteiger partial charge in [0.2, 0.25) is 0 Å². The zero-order valence-electron chi connectivity index (χ0n) is 10.4. The molecule has 3 unspecified atom stereocenters. The molecule has 2 N–H and O–H groups in total. The predicted molar refractivity (Wildman–Crippen MR) is 64.9 cm³/mol. The normalized spacial score (nSPS) is 29.0. The van der Waals surface area contributed by atoms with Crippen LogP contribution in [0, 0.1) is 5.92 Å². The summed E-state index contributed by atoms with van der Waals surface area (Å²) in [4.78, 5) is 0. The van der Waals surface area contributed by atoms with Gasteiger partial charge in [-0.1, -0.05) is 39.5 Å². The topological polar surface area (TPSA) is 35.2 Å². The molecule has 15 heavy (non-hydrogen) atoms. The molecule has 1 saturated carbocycles. The summed E-state index contributed by atoms with van der Waals surface area (Å²) in [6.45, 7) is 5.22. The number of hydrogen-bond acceptors (Lipinski definition) is 2. The highest BCUT2D eigenvalue weighted by Gasteiger charge is 2.21. The molecule has 2 nitrogen and oxygen atoms in total. The van der Waals surface area contributed by atoms with Crippen LogP contribution in [-0.4, -0.2) is 18.8 Å². The minimum absolute atomic E-state index is 0.247. The minimum atomic E-state index is 0.247. The van der Waals surface area contributed by atoms with E-state index >= 15 is 0 Å². The highest BCUT2D eigenvalue weighted by molar-refractivity contribution is 4.73. The van der Waals surface area contributed by atoms with E-state index in [9.17, 15) is 0 Å². The van der Waals surface area contributed by atoms with Crippen LogP contribution in [0.3, 0.4) is 0 Å². The molecule has 0 saturated heterocycles. The molecular formula is C13H27NO. The van der Waals surface area contributed by atoms with Crippen molar-refractivity contribution in [1.82, 2.24) is 0 Å². The average molecular weight is 213 g/mol. The van der Waals surface area contributed by atoms with E-state index in [0.29, 0.717) is 6.10 Å². The van der Waals surface area contributed by atoms with Crippen molar-refractivity contribution >= 4 is 0 Å². The van der Waals surface area contributed by atoms with Crippen LogP contribution in [0.25, 0.3) is 0 Å². The van der Waals surface area contributed by atoms with Crippen LogP contribution in [0.1, 0.15) is 58.8 Å². The Morgan fingerprint density at radius 3 is 2.80 bits per heavy atom. The van der Waals surface area contributed by atoms with Crippen molar-refractivity contribution < 1.29 is 4.74 Å². The van der Waals surface area contributed by atoms with E-state index in [1.54, 1.807) is 0 Å². The lowest BCUT2D eigenvalue weighted by Gasteiger charge is -2.29. The molecule has 0 radical (unpaired) electrons. The zero-order chi connectivity index (χ0) is 11.1. The first kappa shape index (κ1) is 13.0. The first-order valence-corrected chi connectivity index (χ1v) is 6.63. The van der Waals surface area contributed by atoms with Crippen LogP contribution in [0.15, 0.2) is 0 Å². The van der Waals surface area contributed by atoms with Gasteiger partial charge < -0.3 is 10.5 Å². The van der Waals surface area contributed by atoms with E-state index in [-0.39, 0.29) is 6.04 Å². The van der Waals surface area contributed by atoms with Gasteiger partial charge in [0.25, 0.3) is 0 Å². The van der Waals surface area contributed by atoms with E-state index in [0.717, 1.165) is 25.4 Å². The summed E-state index contributed by atoms with van der Waals surface area (Å²) in [5.41, 5.74) is 5.94. The predicted octanol–water partition coefficient (Wildman–Crippen LogP) is 3.10. The van der Waals surface area contributed by atoms with Crippen LogP contribution in [0.4, 0.5) is 0 Å². The van der Waals surface area contributed by atoms with Gasteiger partial charge in [-0.05, 0) is 25.2 Å². The van der Waals surface area contributed by atoms with Gasteiger partial charge in [0.15, 0.2) is 0 Å². The fourth-order valence-electron chi connectivity index (χ4n) is 2.48. The molecule has 1 aliphatic rings. The summed E-state index contributed by atoms with van der Waals surface area (Å²) in [6.07, 6.45) is 9.29. The van der Waals surface area contributed by atoms with E-state index in [4.69, 9.17) is 10.5 Å². The first-order chi connectivity index (χ1) is 7.26. The lowest BCUT2D eigenvalue weighted by molar-refractivity contribution is 0.00498. The molecule has 0 heterocycles. The van der Waals surface area contributed by atoms with Crippen molar-refractivity contribution in [1.29, 1.82) is 0 Å². The average Bonchev–Trinajstić information content (AvgIpc) is 2.27. The van der Waals surface area contributed by atoms with Crippen molar-refractivity contribution in [2.24, 2.45) is 11.7 Å². The molecular weight excluding hydrogens is 186 g/mol. The second kappa shape index (κ2) is 7.24. The lowest BCUT2D eigenvalue weighted by atomic mass is 9.85. The second-order valence-corrected chi connectivity index (χ2v) is 4.94. The molecule has 90 valence electrons. The van der Waals surface area contributed by atoms with Crippen LogP contribution < -0.4 is 5.73 Å². The molecule has 0 amide bonds. The smallest absolute Gasteiger partial charge is 0.0621 e. The van der Waals surface area contributed by atoms with Crippen molar-refractivity contribution in [3.05, 3.63) is 0 Å². The maximum Gasteiger partial charge on any atom is 0.0621 e. The minimum Gasteiger partial charge on any atom is -0.377 e. The zero-order valence-corrected chi connectivity index (χ0v) is 10.4. The third kappa shape index (κ3) is 4.98. The molecule has 0 bridgehead atoms. The Balaban J connectivity index is 2.14. The van der Waals surface area contributed by atoms with E-state index in [1.165, 1.54) is 32.1 Å². The van der Waals surface area contributed by atoms with Crippen LogP contribution >= 0.6 is 0 Å². The Morgan fingerprint density at radius 2 is 2.13 bits per heavy atom. The molecule has 0 spiro atoms. The van der Waals surface area contributed by atoms with Gasteiger partial charge in [-0.15, -0.1) is 0 Å². The SMILES string of the molecule is CCCC(N)COC1CCCC(CC)C1. The highest BCUT2D eigenvalue weighted by Crippen LogP contribution is 2.28. The number of rotatable bonds is 6. The quantitative estimate of drug-likeness (QED) is 0.736. The molecule has 0 aromatic heterocycles. The standard InChI is InChI=1S/C13H27NO/c1-3-6-12(14)10-15-13-8-5-7-11(4-2)9-13/h11-13H,3-10,14H2,1-2H3. The number of nitrogens with two attached hydrogens (primary N) is 1. The number of hydrogen-bond donors (Lipinski definition) is 1. The van der Waals surface area contributed by atoms with Crippen LogP contribution in [0.5, 0.6) is 0 Å². The van der Waals surface area contributed by atoms with Crippen molar-refractivity contribution in [3.63, 3.8) is 0 Å². The summed E-state index contributed by atoms with van der Waals surface area (Å²) in [7, 11) is 0. The first-order valence-electron chi connectivity index (χ1n) is 6.63. The Labute approximate surface area is 94.6 Å². The van der Waals surface area contributed by atoms with Gasteiger partial charge in [0, 0.05) is 6.04 Å². The fourth-order valence-corrected chi connectivity index (χ4v) is 2.48. The summed E-state index contributed by atoms with van der Waals surface area (Å²) in [5.74, 6) is 0.895.